The van der Waals surface area contributed by atoms with Gasteiger partial charge in [-0.15, -0.1) is 11.3 Å². The number of amides is 1. The number of rotatable bonds is 4. The number of ether oxygens (including phenoxy) is 1. The summed E-state index contributed by atoms with van der Waals surface area (Å²) in [4.78, 5) is 28.1. The fourth-order valence-corrected chi connectivity index (χ4v) is 2.43. The van der Waals surface area contributed by atoms with E-state index in [9.17, 15) is 9.59 Å². The molecule has 2 N–H and O–H groups in total. The van der Waals surface area contributed by atoms with Gasteiger partial charge in [0, 0.05) is 11.3 Å². The number of aromatic nitrogens is 1. The van der Waals surface area contributed by atoms with Gasteiger partial charge in [0.25, 0.3) is 0 Å². The highest BCUT2D eigenvalue weighted by Crippen LogP contribution is 2.18. The number of nitrogens with zero attached hydrogens (tertiary/aromatic N) is 1. The van der Waals surface area contributed by atoms with Crippen molar-refractivity contribution in [3.8, 4) is 0 Å². The van der Waals surface area contributed by atoms with E-state index in [1.807, 2.05) is 13.8 Å². The largest absolute Gasteiger partial charge is 0.480 e. The molecule has 0 radical (unpaired) electrons. The van der Waals surface area contributed by atoms with Crippen LogP contribution in [0.15, 0.2) is 0 Å². The average molecular weight is 300 g/mol. The normalized spacial score (nSPS) is 12.8. The van der Waals surface area contributed by atoms with E-state index in [1.54, 1.807) is 20.8 Å². The summed E-state index contributed by atoms with van der Waals surface area (Å²) in [5, 5.41) is 12.2. The molecule has 0 saturated carbocycles. The lowest BCUT2D eigenvalue weighted by Crippen LogP contribution is -2.44. The van der Waals surface area contributed by atoms with E-state index in [0.29, 0.717) is 5.01 Å². The summed E-state index contributed by atoms with van der Waals surface area (Å²) >= 11 is 1.43. The molecule has 1 aromatic rings. The van der Waals surface area contributed by atoms with Crippen molar-refractivity contribution in [3.63, 3.8) is 0 Å². The first-order chi connectivity index (χ1) is 9.08. The van der Waals surface area contributed by atoms with Gasteiger partial charge in [-0.1, -0.05) is 0 Å². The molecule has 0 aliphatic heterocycles. The molecule has 0 aromatic carbocycles. The topological polar surface area (TPSA) is 88.5 Å². The first-order valence-electron chi connectivity index (χ1n) is 6.23. The van der Waals surface area contributed by atoms with E-state index >= 15 is 0 Å². The maximum absolute atomic E-state index is 11.6. The second-order valence-electron chi connectivity index (χ2n) is 5.49. The highest BCUT2D eigenvalue weighted by atomic mass is 32.1. The summed E-state index contributed by atoms with van der Waals surface area (Å²) in [5.41, 5.74) is 0.216. The Bertz CT molecular complexity index is 485. The standard InChI is InChI=1S/C13H20N2O4S/c1-7-8(2)20-10(14-7)6-9(11(16)17)15-12(18)19-13(3,4)5/h9H,6H2,1-5H3,(H,15,18)(H,16,17). The molecule has 0 spiro atoms. The average Bonchev–Trinajstić information content (AvgIpc) is 2.54. The van der Waals surface area contributed by atoms with Crippen molar-refractivity contribution in [3.05, 3.63) is 15.6 Å². The molecule has 112 valence electrons. The zero-order valence-corrected chi connectivity index (χ0v) is 13.1. The van der Waals surface area contributed by atoms with E-state index in [0.717, 1.165) is 10.6 Å². The van der Waals surface area contributed by atoms with Crippen LogP contribution < -0.4 is 5.32 Å². The van der Waals surface area contributed by atoms with Crippen LogP contribution in [-0.4, -0.2) is 33.8 Å². The van der Waals surface area contributed by atoms with Crippen molar-refractivity contribution >= 4 is 23.4 Å². The number of carboxylic acids is 1. The Morgan fingerprint density at radius 3 is 2.40 bits per heavy atom. The second kappa shape index (κ2) is 6.21. The number of thiazole rings is 1. The van der Waals surface area contributed by atoms with Crippen molar-refractivity contribution in [2.24, 2.45) is 0 Å². The van der Waals surface area contributed by atoms with Crippen LogP contribution in [0.1, 0.15) is 36.3 Å². The monoisotopic (exact) mass is 300 g/mol. The van der Waals surface area contributed by atoms with E-state index in [-0.39, 0.29) is 6.42 Å². The minimum Gasteiger partial charge on any atom is -0.480 e. The van der Waals surface area contributed by atoms with Crippen molar-refractivity contribution in [1.29, 1.82) is 0 Å². The van der Waals surface area contributed by atoms with Crippen LogP contribution in [-0.2, 0) is 16.0 Å². The molecule has 20 heavy (non-hydrogen) atoms. The van der Waals surface area contributed by atoms with Crippen LogP contribution >= 0.6 is 11.3 Å². The first-order valence-corrected chi connectivity index (χ1v) is 7.05. The van der Waals surface area contributed by atoms with Crippen LogP contribution in [0.2, 0.25) is 0 Å². The smallest absolute Gasteiger partial charge is 0.408 e. The maximum Gasteiger partial charge on any atom is 0.408 e. The van der Waals surface area contributed by atoms with Crippen molar-refractivity contribution < 1.29 is 19.4 Å². The Labute approximate surface area is 122 Å². The van der Waals surface area contributed by atoms with Gasteiger partial charge >= 0.3 is 12.1 Å². The zero-order chi connectivity index (χ0) is 15.5. The van der Waals surface area contributed by atoms with Gasteiger partial charge in [-0.25, -0.2) is 14.6 Å². The molecule has 1 amide bonds. The summed E-state index contributed by atoms with van der Waals surface area (Å²) in [6, 6.07) is -1.05. The first kappa shape index (κ1) is 16.4. The van der Waals surface area contributed by atoms with E-state index in [2.05, 4.69) is 10.3 Å². The lowest BCUT2D eigenvalue weighted by molar-refractivity contribution is -0.139. The fourth-order valence-electron chi connectivity index (χ4n) is 1.45. The zero-order valence-electron chi connectivity index (χ0n) is 12.3. The number of aliphatic carboxylic acids is 1. The van der Waals surface area contributed by atoms with Gasteiger partial charge in [0.05, 0.1) is 10.7 Å². The number of hydrogen-bond donors (Lipinski definition) is 2. The molecule has 1 atom stereocenters. The molecular weight excluding hydrogens is 280 g/mol. The van der Waals surface area contributed by atoms with Gasteiger partial charge in [-0.2, -0.15) is 0 Å². The molecule has 0 fully saturated rings. The van der Waals surface area contributed by atoms with Gasteiger partial charge < -0.3 is 15.2 Å². The van der Waals surface area contributed by atoms with Crippen LogP contribution in [0.3, 0.4) is 0 Å². The van der Waals surface area contributed by atoms with E-state index < -0.39 is 23.7 Å². The fraction of sp³-hybridized carbons (Fsp3) is 0.615. The Balaban J connectivity index is 2.70. The summed E-state index contributed by atoms with van der Waals surface area (Å²) in [7, 11) is 0. The molecule has 1 aromatic heterocycles. The summed E-state index contributed by atoms with van der Waals surface area (Å²) in [5.74, 6) is -1.11. The van der Waals surface area contributed by atoms with Crippen molar-refractivity contribution in [1.82, 2.24) is 10.3 Å². The molecular formula is C13H20N2O4S. The molecule has 1 unspecified atom stereocenters. The number of nitrogens with one attached hydrogen (secondary N) is 1. The Kier molecular flexibility index (Phi) is 5.10. The Morgan fingerprint density at radius 1 is 1.40 bits per heavy atom. The highest BCUT2D eigenvalue weighted by molar-refractivity contribution is 7.11. The van der Waals surface area contributed by atoms with Crippen LogP contribution in [0, 0.1) is 13.8 Å². The summed E-state index contributed by atoms with van der Waals surface area (Å²) in [6.45, 7) is 8.95. The van der Waals surface area contributed by atoms with Crippen molar-refractivity contribution in [2.75, 3.05) is 0 Å². The molecule has 6 nitrogen and oxygen atoms in total. The van der Waals surface area contributed by atoms with Gasteiger partial charge in [0.2, 0.25) is 0 Å². The third kappa shape index (κ3) is 5.16. The minimum absolute atomic E-state index is 0.147. The highest BCUT2D eigenvalue weighted by Gasteiger charge is 2.25. The van der Waals surface area contributed by atoms with Gasteiger partial charge in [-0.05, 0) is 34.6 Å². The lowest BCUT2D eigenvalue weighted by atomic mass is 10.2. The van der Waals surface area contributed by atoms with Crippen molar-refractivity contribution in [2.45, 2.75) is 52.7 Å². The van der Waals surface area contributed by atoms with Crippen LogP contribution in [0.25, 0.3) is 0 Å². The Morgan fingerprint density at radius 2 is 2.00 bits per heavy atom. The molecule has 7 heteroatoms. The molecule has 0 aliphatic carbocycles. The third-order valence-electron chi connectivity index (χ3n) is 2.44. The number of carboxylic acid groups (broad SMARTS) is 1. The van der Waals surface area contributed by atoms with E-state index in [1.165, 1.54) is 11.3 Å². The predicted molar refractivity (Wildman–Crippen MR) is 76.1 cm³/mol. The number of alkyl carbamates (subject to hydrolysis) is 1. The number of carbonyl (C=O) groups is 2. The van der Waals surface area contributed by atoms with Gasteiger partial charge in [0.1, 0.15) is 11.6 Å². The quantitative estimate of drug-likeness (QED) is 0.890. The lowest BCUT2D eigenvalue weighted by Gasteiger charge is -2.21. The van der Waals surface area contributed by atoms with Crippen LogP contribution in [0.5, 0.6) is 0 Å². The number of hydrogen-bond acceptors (Lipinski definition) is 5. The molecule has 1 rings (SSSR count). The second-order valence-corrected chi connectivity index (χ2v) is 6.78. The minimum atomic E-state index is -1.11. The molecule has 0 bridgehead atoms. The summed E-state index contributed by atoms with van der Waals surface area (Å²) < 4.78 is 5.05. The SMILES string of the molecule is Cc1nc(CC(NC(=O)OC(C)(C)C)C(=O)O)sc1C. The number of carbonyl (C=O) groups excluding carboxylic acids is 1. The number of aryl methyl sites for hydroxylation is 2. The predicted octanol–water partition coefficient (Wildman–Crippen LogP) is 2.28. The summed E-state index contributed by atoms with van der Waals surface area (Å²) in [6.07, 6.45) is -0.594. The van der Waals surface area contributed by atoms with Gasteiger partial charge in [-0.3, -0.25) is 0 Å². The maximum atomic E-state index is 11.6. The molecule has 0 aliphatic rings. The van der Waals surface area contributed by atoms with E-state index in [4.69, 9.17) is 9.84 Å². The molecule has 0 saturated heterocycles. The molecule has 1 heterocycles. The third-order valence-corrected chi connectivity index (χ3v) is 3.54. The van der Waals surface area contributed by atoms with Gasteiger partial charge in [0.15, 0.2) is 0 Å². The Hall–Kier alpha value is -1.63. The van der Waals surface area contributed by atoms with Crippen LogP contribution in [0.4, 0.5) is 4.79 Å².